The van der Waals surface area contributed by atoms with E-state index in [1.165, 1.54) is 14.2 Å². The fourth-order valence-corrected chi connectivity index (χ4v) is 2.17. The quantitative estimate of drug-likeness (QED) is 0.659. The van der Waals surface area contributed by atoms with E-state index in [4.69, 9.17) is 9.47 Å². The van der Waals surface area contributed by atoms with E-state index in [0.717, 1.165) is 0 Å². The second-order valence-electron chi connectivity index (χ2n) is 5.52. The monoisotopic (exact) mass is 258 g/mol. The molecule has 2 unspecified atom stereocenters. The first-order valence-electron chi connectivity index (χ1n) is 6.49. The van der Waals surface area contributed by atoms with Gasteiger partial charge in [-0.25, -0.2) is 0 Å². The molecule has 0 aromatic heterocycles. The minimum Gasteiger partial charge on any atom is -0.469 e. The first-order chi connectivity index (χ1) is 8.33. The maximum atomic E-state index is 11.9. The van der Waals surface area contributed by atoms with Crippen LogP contribution in [0.2, 0.25) is 0 Å². The molecule has 106 valence electrons. The highest BCUT2D eigenvalue weighted by atomic mass is 16.5. The second-order valence-corrected chi connectivity index (χ2v) is 5.52. The summed E-state index contributed by atoms with van der Waals surface area (Å²) in [4.78, 5) is 23.7. The zero-order valence-electron chi connectivity index (χ0n) is 12.4. The van der Waals surface area contributed by atoms with Crippen LogP contribution in [0.3, 0.4) is 0 Å². The molecule has 0 heterocycles. The van der Waals surface area contributed by atoms with E-state index in [1.54, 1.807) is 0 Å². The lowest BCUT2D eigenvalue weighted by Crippen LogP contribution is -2.33. The smallest absolute Gasteiger partial charge is 0.309 e. The molecular formula is C14H26O4. The summed E-state index contributed by atoms with van der Waals surface area (Å²) in [6.45, 7) is 8.11. The number of ether oxygens (including phenoxy) is 2. The van der Waals surface area contributed by atoms with Crippen molar-refractivity contribution in [1.82, 2.24) is 0 Å². The topological polar surface area (TPSA) is 52.6 Å². The van der Waals surface area contributed by atoms with Crippen LogP contribution in [-0.2, 0) is 19.1 Å². The van der Waals surface area contributed by atoms with Crippen LogP contribution >= 0.6 is 0 Å². The van der Waals surface area contributed by atoms with Gasteiger partial charge >= 0.3 is 11.9 Å². The van der Waals surface area contributed by atoms with Crippen LogP contribution in [0.5, 0.6) is 0 Å². The Morgan fingerprint density at radius 2 is 1.06 bits per heavy atom. The van der Waals surface area contributed by atoms with Crippen LogP contribution in [0.15, 0.2) is 0 Å². The van der Waals surface area contributed by atoms with E-state index < -0.39 is 11.8 Å². The van der Waals surface area contributed by atoms with Gasteiger partial charge in [0.15, 0.2) is 0 Å². The predicted octanol–water partition coefficient (Wildman–Crippen LogP) is 2.66. The van der Waals surface area contributed by atoms with Crippen molar-refractivity contribution in [2.24, 2.45) is 23.7 Å². The van der Waals surface area contributed by atoms with Crippen LogP contribution in [0.25, 0.3) is 0 Å². The van der Waals surface area contributed by atoms with Crippen LogP contribution in [0, 0.1) is 23.7 Å². The Morgan fingerprint density at radius 1 is 0.778 bits per heavy atom. The molecular weight excluding hydrogens is 232 g/mol. The van der Waals surface area contributed by atoms with E-state index in [1.807, 2.05) is 27.7 Å². The second kappa shape index (κ2) is 8.11. The van der Waals surface area contributed by atoms with Crippen molar-refractivity contribution in [1.29, 1.82) is 0 Å². The molecule has 18 heavy (non-hydrogen) atoms. The van der Waals surface area contributed by atoms with Crippen molar-refractivity contribution in [3.63, 3.8) is 0 Å². The molecule has 0 saturated carbocycles. The minimum absolute atomic E-state index is 0.320. The van der Waals surface area contributed by atoms with E-state index in [9.17, 15) is 9.59 Å². The fraction of sp³-hybridized carbons (Fsp3) is 0.857. The molecule has 0 saturated heterocycles. The Bertz CT molecular complexity index is 243. The van der Waals surface area contributed by atoms with Crippen LogP contribution in [0.1, 0.15) is 40.5 Å². The number of hydrogen-bond acceptors (Lipinski definition) is 4. The van der Waals surface area contributed by atoms with E-state index >= 15 is 0 Å². The van der Waals surface area contributed by atoms with Gasteiger partial charge in [-0.2, -0.15) is 0 Å². The third-order valence-corrected chi connectivity index (χ3v) is 2.94. The van der Waals surface area contributed by atoms with Crippen LogP contribution in [0.4, 0.5) is 0 Å². The molecule has 0 aromatic carbocycles. The molecule has 4 heteroatoms. The Morgan fingerprint density at radius 3 is 1.22 bits per heavy atom. The lowest BCUT2D eigenvalue weighted by molar-refractivity contribution is -0.159. The molecule has 4 nitrogen and oxygen atoms in total. The normalized spacial score (nSPS) is 14.4. The largest absolute Gasteiger partial charge is 0.469 e. The number of carbonyl (C=O) groups is 2. The van der Waals surface area contributed by atoms with E-state index in [-0.39, 0.29) is 11.9 Å². The average Bonchev–Trinajstić information content (AvgIpc) is 2.30. The lowest BCUT2D eigenvalue weighted by atomic mass is 9.80. The van der Waals surface area contributed by atoms with Crippen molar-refractivity contribution < 1.29 is 19.1 Å². The highest BCUT2D eigenvalue weighted by molar-refractivity contribution is 5.82. The molecule has 0 spiro atoms. The van der Waals surface area contributed by atoms with Gasteiger partial charge in [-0.15, -0.1) is 0 Å². The first-order valence-corrected chi connectivity index (χ1v) is 6.49. The van der Waals surface area contributed by atoms with Gasteiger partial charge in [-0.05, 0) is 24.7 Å². The number of methoxy groups -OCH3 is 2. The summed E-state index contributed by atoms with van der Waals surface area (Å²) in [5.41, 5.74) is 0. The summed E-state index contributed by atoms with van der Waals surface area (Å²) in [7, 11) is 2.72. The van der Waals surface area contributed by atoms with Crippen molar-refractivity contribution in [2.45, 2.75) is 40.5 Å². The molecule has 2 atom stereocenters. The molecule has 0 fully saturated rings. The fourth-order valence-electron chi connectivity index (χ4n) is 2.17. The number of carbonyl (C=O) groups excluding carboxylic acids is 2. The molecule has 0 aliphatic heterocycles. The third kappa shape index (κ3) is 5.52. The van der Waals surface area contributed by atoms with Gasteiger partial charge in [0.05, 0.1) is 26.1 Å². The molecule has 0 rings (SSSR count). The Kier molecular flexibility index (Phi) is 7.64. The van der Waals surface area contributed by atoms with Crippen molar-refractivity contribution in [2.75, 3.05) is 14.2 Å². The summed E-state index contributed by atoms with van der Waals surface area (Å²) in [6, 6.07) is 0. The number of rotatable bonds is 7. The zero-order valence-corrected chi connectivity index (χ0v) is 12.4. The van der Waals surface area contributed by atoms with Gasteiger partial charge in [0, 0.05) is 0 Å². The molecule has 0 aliphatic rings. The predicted molar refractivity (Wildman–Crippen MR) is 69.9 cm³/mol. The van der Waals surface area contributed by atoms with Crippen LogP contribution in [-0.4, -0.2) is 26.2 Å². The van der Waals surface area contributed by atoms with Gasteiger partial charge in [0.2, 0.25) is 0 Å². The van der Waals surface area contributed by atoms with E-state index in [0.29, 0.717) is 24.7 Å². The van der Waals surface area contributed by atoms with Gasteiger partial charge in [0.1, 0.15) is 0 Å². The standard InChI is InChI=1S/C14H26O4/c1-9(2)7-11(13(15)17-5)12(8-10(3)4)14(16)18-6/h9-12H,7-8H2,1-6H3. The molecule has 0 aliphatic carbocycles. The summed E-state index contributed by atoms with van der Waals surface area (Å²) in [5, 5.41) is 0. The summed E-state index contributed by atoms with van der Waals surface area (Å²) < 4.78 is 9.65. The summed E-state index contributed by atoms with van der Waals surface area (Å²) in [5.74, 6) is -0.809. The van der Waals surface area contributed by atoms with Crippen molar-refractivity contribution >= 4 is 11.9 Å². The highest BCUT2D eigenvalue weighted by Crippen LogP contribution is 2.28. The van der Waals surface area contributed by atoms with E-state index in [2.05, 4.69) is 0 Å². The van der Waals surface area contributed by atoms with Crippen molar-refractivity contribution in [3.8, 4) is 0 Å². The minimum atomic E-state index is -0.412. The SMILES string of the molecule is COC(=O)C(CC(C)C)C(CC(C)C)C(=O)OC. The molecule has 0 bridgehead atoms. The van der Waals surface area contributed by atoms with Gasteiger partial charge in [-0.3, -0.25) is 9.59 Å². The lowest BCUT2D eigenvalue weighted by Gasteiger charge is -2.25. The maximum Gasteiger partial charge on any atom is 0.309 e. The third-order valence-electron chi connectivity index (χ3n) is 2.94. The molecule has 0 aromatic rings. The highest BCUT2D eigenvalue weighted by Gasteiger charge is 2.36. The van der Waals surface area contributed by atoms with Gasteiger partial charge < -0.3 is 9.47 Å². The molecule has 0 amide bonds. The zero-order chi connectivity index (χ0) is 14.3. The average molecular weight is 258 g/mol. The number of hydrogen-bond donors (Lipinski definition) is 0. The van der Waals surface area contributed by atoms with Gasteiger partial charge in [-0.1, -0.05) is 27.7 Å². The van der Waals surface area contributed by atoms with Gasteiger partial charge in [0.25, 0.3) is 0 Å². The summed E-state index contributed by atoms with van der Waals surface area (Å²) >= 11 is 0. The Hall–Kier alpha value is -1.06. The number of esters is 2. The Balaban J connectivity index is 5.05. The molecule has 0 N–H and O–H groups in total. The Labute approximate surface area is 110 Å². The van der Waals surface area contributed by atoms with Crippen LogP contribution < -0.4 is 0 Å². The first kappa shape index (κ1) is 16.9. The summed E-state index contributed by atoms with van der Waals surface area (Å²) in [6.07, 6.45) is 1.28. The maximum absolute atomic E-state index is 11.9. The van der Waals surface area contributed by atoms with Crippen molar-refractivity contribution in [3.05, 3.63) is 0 Å². The molecule has 0 radical (unpaired) electrons.